The smallest absolute Gasteiger partial charge is 0.275 e. The second-order valence-electron chi connectivity index (χ2n) is 4.99. The summed E-state index contributed by atoms with van der Waals surface area (Å²) in [7, 11) is 0. The van der Waals surface area contributed by atoms with Crippen LogP contribution >= 0.6 is 27.3 Å². The lowest BCUT2D eigenvalue weighted by molar-refractivity contribution is -0.110. The molecule has 0 saturated carbocycles. The van der Waals surface area contributed by atoms with Gasteiger partial charge in [0.05, 0.1) is 11.4 Å². The number of anilines is 1. The molecule has 4 rings (SSSR count). The summed E-state index contributed by atoms with van der Waals surface area (Å²) in [5.74, 6) is -0.199. The molecule has 1 aliphatic heterocycles. The van der Waals surface area contributed by atoms with Gasteiger partial charge in [0.2, 0.25) is 5.13 Å². The van der Waals surface area contributed by atoms with E-state index in [1.54, 1.807) is 0 Å². The van der Waals surface area contributed by atoms with E-state index in [4.69, 9.17) is 0 Å². The molecule has 0 saturated heterocycles. The van der Waals surface area contributed by atoms with Gasteiger partial charge in [0.25, 0.3) is 5.91 Å². The van der Waals surface area contributed by atoms with Gasteiger partial charge in [0.1, 0.15) is 5.71 Å². The fourth-order valence-corrected chi connectivity index (χ4v) is 3.45. The summed E-state index contributed by atoms with van der Waals surface area (Å²) in [4.78, 5) is 21.1. The zero-order valence-corrected chi connectivity index (χ0v) is 14.2. The van der Waals surface area contributed by atoms with Crippen LogP contribution in [0.4, 0.5) is 10.8 Å². The number of aliphatic imine (C=N–C) groups is 1. The van der Waals surface area contributed by atoms with Gasteiger partial charge in [-0.25, -0.2) is 9.98 Å². The molecule has 0 radical (unpaired) electrons. The molecule has 1 aromatic heterocycles. The highest BCUT2D eigenvalue weighted by Gasteiger charge is 2.26. The predicted octanol–water partition coefficient (Wildman–Crippen LogP) is 4.65. The molecule has 0 spiro atoms. The van der Waals surface area contributed by atoms with E-state index in [0.717, 1.165) is 27.0 Å². The average Bonchev–Trinajstić information content (AvgIpc) is 3.15. The minimum Gasteiger partial charge on any atom is -0.320 e. The summed E-state index contributed by atoms with van der Waals surface area (Å²) in [6.07, 6.45) is 0. The standard InChI is InChI=1S/C17H10BrN3OS/c18-11-6-7-13-12(8-11)15(16(22)19-13)21-17-20-14(9-23-17)10-4-2-1-3-5-10/h1-9H,(H,19,20,21,22). The Morgan fingerprint density at radius 2 is 1.96 bits per heavy atom. The van der Waals surface area contributed by atoms with Gasteiger partial charge in [-0.05, 0) is 18.2 Å². The lowest BCUT2D eigenvalue weighted by Gasteiger charge is -1.97. The number of hydrogen-bond donors (Lipinski definition) is 1. The number of amides is 1. The number of carbonyl (C=O) groups excluding carboxylic acids is 1. The van der Waals surface area contributed by atoms with E-state index in [9.17, 15) is 4.79 Å². The van der Waals surface area contributed by atoms with Crippen LogP contribution in [0.2, 0.25) is 0 Å². The van der Waals surface area contributed by atoms with E-state index >= 15 is 0 Å². The van der Waals surface area contributed by atoms with Crippen LogP contribution in [0, 0.1) is 0 Å². The number of carbonyl (C=O) groups is 1. The number of benzene rings is 2. The third-order valence-electron chi connectivity index (χ3n) is 3.47. The molecule has 23 heavy (non-hydrogen) atoms. The van der Waals surface area contributed by atoms with Crippen molar-refractivity contribution in [2.24, 2.45) is 4.99 Å². The molecule has 3 aromatic rings. The lowest BCUT2D eigenvalue weighted by atomic mass is 10.1. The van der Waals surface area contributed by atoms with Crippen molar-refractivity contribution in [1.82, 2.24) is 4.98 Å². The van der Waals surface area contributed by atoms with Crippen LogP contribution in [0.3, 0.4) is 0 Å². The Balaban J connectivity index is 1.73. The SMILES string of the molecule is O=C1Nc2ccc(Br)cc2/C1=N/c1nc(-c2ccccc2)cs1. The van der Waals surface area contributed by atoms with E-state index in [-0.39, 0.29) is 5.91 Å². The monoisotopic (exact) mass is 383 g/mol. The van der Waals surface area contributed by atoms with Gasteiger partial charge < -0.3 is 5.32 Å². The summed E-state index contributed by atoms with van der Waals surface area (Å²) in [6, 6.07) is 15.5. The Labute approximate surface area is 145 Å². The van der Waals surface area contributed by atoms with Crippen molar-refractivity contribution in [3.05, 3.63) is 63.9 Å². The van der Waals surface area contributed by atoms with Crippen LogP contribution in [-0.2, 0) is 4.79 Å². The van der Waals surface area contributed by atoms with Crippen LogP contribution in [-0.4, -0.2) is 16.6 Å². The predicted molar refractivity (Wildman–Crippen MR) is 96.5 cm³/mol. The molecule has 112 valence electrons. The van der Waals surface area contributed by atoms with Crippen LogP contribution in [0.5, 0.6) is 0 Å². The number of thiazole rings is 1. The van der Waals surface area contributed by atoms with Crippen molar-refractivity contribution < 1.29 is 4.79 Å². The van der Waals surface area contributed by atoms with Gasteiger partial charge in [-0.1, -0.05) is 46.3 Å². The van der Waals surface area contributed by atoms with E-state index < -0.39 is 0 Å². The van der Waals surface area contributed by atoms with E-state index in [1.165, 1.54) is 11.3 Å². The van der Waals surface area contributed by atoms with Crippen molar-refractivity contribution in [3.8, 4) is 11.3 Å². The highest BCUT2D eigenvalue weighted by Crippen LogP contribution is 2.31. The molecule has 6 heteroatoms. The fraction of sp³-hybridized carbons (Fsp3) is 0. The zero-order valence-electron chi connectivity index (χ0n) is 11.8. The highest BCUT2D eigenvalue weighted by molar-refractivity contribution is 9.10. The Kier molecular flexibility index (Phi) is 3.55. The number of nitrogens with zero attached hydrogens (tertiary/aromatic N) is 2. The summed E-state index contributed by atoms with van der Waals surface area (Å²) in [5, 5.41) is 5.34. The first kappa shape index (κ1) is 14.3. The molecule has 1 N–H and O–H groups in total. The quantitative estimate of drug-likeness (QED) is 0.700. The molecule has 1 aliphatic rings. The lowest BCUT2D eigenvalue weighted by Crippen LogP contribution is -2.13. The van der Waals surface area contributed by atoms with Crippen LogP contribution < -0.4 is 5.32 Å². The minimum absolute atomic E-state index is 0.199. The number of fused-ring (bicyclic) bond motifs is 1. The first-order valence-corrected chi connectivity index (χ1v) is 8.59. The Morgan fingerprint density at radius 3 is 2.78 bits per heavy atom. The molecule has 0 unspecified atom stereocenters. The fourth-order valence-electron chi connectivity index (χ4n) is 2.39. The number of aromatic nitrogens is 1. The van der Waals surface area contributed by atoms with Crippen LogP contribution in [0.25, 0.3) is 11.3 Å². The molecular formula is C17H10BrN3OS. The summed E-state index contributed by atoms with van der Waals surface area (Å²) >= 11 is 4.85. The molecule has 2 aromatic carbocycles. The number of halogens is 1. The maximum Gasteiger partial charge on any atom is 0.275 e. The third-order valence-corrected chi connectivity index (χ3v) is 4.70. The van der Waals surface area contributed by atoms with Crippen molar-refractivity contribution in [1.29, 1.82) is 0 Å². The topological polar surface area (TPSA) is 54.4 Å². The number of rotatable bonds is 2. The number of nitrogens with one attached hydrogen (secondary N) is 1. The van der Waals surface area contributed by atoms with Crippen molar-refractivity contribution in [2.45, 2.75) is 0 Å². The van der Waals surface area contributed by atoms with Gasteiger partial charge in [-0.2, -0.15) is 0 Å². The van der Waals surface area contributed by atoms with Gasteiger partial charge in [0, 0.05) is 21.0 Å². The molecule has 1 amide bonds. The first-order valence-electron chi connectivity index (χ1n) is 6.91. The second-order valence-corrected chi connectivity index (χ2v) is 6.74. The van der Waals surface area contributed by atoms with Crippen molar-refractivity contribution in [3.63, 3.8) is 0 Å². The Hall–Kier alpha value is -2.31. The van der Waals surface area contributed by atoms with E-state index in [1.807, 2.05) is 53.9 Å². The summed E-state index contributed by atoms with van der Waals surface area (Å²) in [5.41, 5.74) is 3.87. The molecule has 0 atom stereocenters. The van der Waals surface area contributed by atoms with Gasteiger partial charge in [-0.15, -0.1) is 11.3 Å². The van der Waals surface area contributed by atoms with Gasteiger partial charge >= 0.3 is 0 Å². The van der Waals surface area contributed by atoms with Crippen molar-refractivity contribution in [2.75, 3.05) is 5.32 Å². The van der Waals surface area contributed by atoms with E-state index in [0.29, 0.717) is 10.8 Å². The first-order chi connectivity index (χ1) is 11.2. The van der Waals surface area contributed by atoms with Crippen LogP contribution in [0.1, 0.15) is 5.56 Å². The maximum atomic E-state index is 12.1. The zero-order chi connectivity index (χ0) is 15.8. The van der Waals surface area contributed by atoms with Gasteiger partial charge in [-0.3, -0.25) is 4.79 Å². The van der Waals surface area contributed by atoms with Gasteiger partial charge in [0.15, 0.2) is 0 Å². The average molecular weight is 384 g/mol. The minimum atomic E-state index is -0.199. The number of hydrogen-bond acceptors (Lipinski definition) is 4. The largest absolute Gasteiger partial charge is 0.320 e. The molecule has 0 fully saturated rings. The molecule has 0 aliphatic carbocycles. The summed E-state index contributed by atoms with van der Waals surface area (Å²) < 4.78 is 0.907. The summed E-state index contributed by atoms with van der Waals surface area (Å²) in [6.45, 7) is 0. The molecule has 0 bridgehead atoms. The maximum absolute atomic E-state index is 12.1. The third kappa shape index (κ3) is 2.71. The normalized spacial score (nSPS) is 14.8. The van der Waals surface area contributed by atoms with Crippen LogP contribution in [0.15, 0.2) is 63.4 Å². The van der Waals surface area contributed by atoms with Crippen molar-refractivity contribution >= 4 is 49.7 Å². The molecule has 4 nitrogen and oxygen atoms in total. The second kappa shape index (κ2) is 5.72. The highest BCUT2D eigenvalue weighted by atomic mass is 79.9. The molecule has 2 heterocycles. The Bertz CT molecular complexity index is 934. The van der Waals surface area contributed by atoms with E-state index in [2.05, 4.69) is 31.2 Å². The molecular weight excluding hydrogens is 374 g/mol. The Morgan fingerprint density at radius 1 is 1.13 bits per heavy atom.